The van der Waals surface area contributed by atoms with Crippen LogP contribution >= 0.6 is 0 Å². The van der Waals surface area contributed by atoms with Crippen molar-refractivity contribution in [2.45, 2.75) is 19.6 Å². The van der Waals surface area contributed by atoms with Gasteiger partial charge in [0.1, 0.15) is 30.0 Å². The first-order valence-electron chi connectivity index (χ1n) is 17.5. The Balaban J connectivity index is 0.00000397. The fraction of sp³-hybridized carbons (Fsp3) is 0. The number of nitroso groups, excluding NO2 is 2. The predicted octanol–water partition coefficient (Wildman–Crippen LogP) is -2.93. The minimum absolute atomic E-state index is 0. The molecular formula is C38H26N8Na4O14S4+2. The first-order chi connectivity index (χ1) is 30.0. The maximum Gasteiger partial charge on any atom is 1.00 e. The second-order valence-electron chi connectivity index (χ2n) is 12.8. The molecule has 30 heteroatoms. The number of hydrogen-bond acceptors (Lipinski definition) is 16. The van der Waals surface area contributed by atoms with E-state index in [4.69, 9.17) is 0 Å². The molecule has 0 spiro atoms. The van der Waals surface area contributed by atoms with Crippen molar-refractivity contribution in [2.75, 3.05) is 0 Å². The molecule has 0 fully saturated rings. The SMILES string of the molecule is O=[N+]([N-]c1ccc(N=Nc2ccc(S(=O)(=O)[O-])cc2)cc1)c1ccc(/C=C/c2ccc([N+](=O)[N-]c3ccc(N=Nc4ccc(S(=O)(=O)[O-])cc4)cc3)cc2S(=O)(=O)O)c(S(=O)(=O)O)c1.[Na+].[Na+].[Na+].[Na+]. The molecule has 0 amide bonds. The van der Waals surface area contributed by atoms with Crippen LogP contribution in [-0.4, -0.2) is 61.6 Å². The van der Waals surface area contributed by atoms with Crippen molar-refractivity contribution in [1.82, 2.24) is 0 Å². The van der Waals surface area contributed by atoms with Crippen molar-refractivity contribution >= 4 is 98.1 Å². The molecule has 0 unspecified atom stereocenters. The van der Waals surface area contributed by atoms with Crippen LogP contribution in [0.2, 0.25) is 0 Å². The van der Waals surface area contributed by atoms with E-state index in [9.17, 15) is 61.7 Å². The van der Waals surface area contributed by atoms with Crippen molar-refractivity contribution in [3.63, 3.8) is 0 Å². The molecule has 22 nitrogen and oxygen atoms in total. The van der Waals surface area contributed by atoms with E-state index in [1.165, 1.54) is 72.8 Å². The largest absolute Gasteiger partial charge is 1.00 e. The van der Waals surface area contributed by atoms with Gasteiger partial charge in [-0.25, -0.2) is 16.8 Å². The molecule has 0 radical (unpaired) electrons. The van der Waals surface area contributed by atoms with Gasteiger partial charge in [-0.3, -0.25) is 9.11 Å². The van der Waals surface area contributed by atoms with E-state index in [-0.39, 0.29) is 173 Å². The summed E-state index contributed by atoms with van der Waals surface area (Å²) in [5.74, 6) is 0. The quantitative estimate of drug-likeness (QED) is 0.0245. The van der Waals surface area contributed by atoms with E-state index in [2.05, 4.69) is 31.3 Å². The topological polar surface area (TPSA) is 341 Å². The molecule has 0 atom stereocenters. The molecule has 0 heterocycles. The third kappa shape index (κ3) is 17.2. The molecule has 6 aromatic rings. The van der Waals surface area contributed by atoms with Crippen LogP contribution in [0.4, 0.5) is 45.5 Å². The molecule has 0 aliphatic carbocycles. The second kappa shape index (κ2) is 25.7. The zero-order valence-electron chi connectivity index (χ0n) is 35.9. The second-order valence-corrected chi connectivity index (χ2v) is 18.3. The monoisotopic (exact) mass is 1040 g/mol. The Kier molecular flexibility index (Phi) is 23.0. The van der Waals surface area contributed by atoms with Crippen molar-refractivity contribution < 1.29 is 180 Å². The Morgan fingerprint density at radius 1 is 0.426 bits per heavy atom. The van der Waals surface area contributed by atoms with E-state index in [1.807, 2.05) is 0 Å². The standard InChI is InChI=1S/C38H28N8O14S4.4Na/c47-45(43-31-9-5-27(6-10-31)39-41-29-13-19-35(20-14-29)61(49,50)51)33-17-3-25(37(23-33)63(55,56)57)1-2-26-4-18-34(24-38(26)64(58,59)60)46(48)44-32-11-7-28(8-12-32)40-42-30-15-21-36(22-16-30)62(52,53)54;;;;/h1-24H,(H,49,50,51)(H,52,53,54)(H,55,56,57)(H,58,59,60);;;;/q;4*+1/p-2/b2-1+,41-39?,42-40?,45-43?,46-44?;;;;. The van der Waals surface area contributed by atoms with Gasteiger partial charge >= 0.3 is 118 Å². The maximum absolute atomic E-state index is 12.9. The number of hydrogen-bond donors (Lipinski definition) is 2. The Morgan fingerprint density at radius 2 is 0.691 bits per heavy atom. The van der Waals surface area contributed by atoms with E-state index < -0.39 is 60.1 Å². The van der Waals surface area contributed by atoms with E-state index in [1.54, 1.807) is 0 Å². The summed E-state index contributed by atoms with van der Waals surface area (Å²) in [5.41, 5.74) is 7.82. The average Bonchev–Trinajstić information content (AvgIpc) is 3.24. The first-order valence-corrected chi connectivity index (χ1v) is 23.2. The van der Waals surface area contributed by atoms with Crippen LogP contribution in [-0.2, 0) is 40.5 Å². The third-order valence-electron chi connectivity index (χ3n) is 8.36. The summed E-state index contributed by atoms with van der Waals surface area (Å²) in [6.07, 6.45) is 2.14. The Morgan fingerprint density at radius 3 is 0.941 bits per heavy atom. The van der Waals surface area contributed by atoms with Crippen LogP contribution in [0.15, 0.2) is 173 Å². The van der Waals surface area contributed by atoms with Crippen molar-refractivity contribution in [2.24, 2.45) is 20.5 Å². The van der Waals surface area contributed by atoms with Crippen molar-refractivity contribution in [3.8, 4) is 0 Å². The molecule has 328 valence electrons. The summed E-state index contributed by atoms with van der Waals surface area (Å²) < 4.78 is 136. The van der Waals surface area contributed by atoms with Crippen molar-refractivity contribution in [1.29, 1.82) is 0 Å². The Labute approximate surface area is 477 Å². The first kappa shape index (κ1) is 60.8. The van der Waals surface area contributed by atoms with Crippen LogP contribution in [0.25, 0.3) is 23.0 Å². The summed E-state index contributed by atoms with van der Waals surface area (Å²) in [7, 11) is -19.3. The van der Waals surface area contributed by atoms with Gasteiger partial charge in [0.25, 0.3) is 31.6 Å². The van der Waals surface area contributed by atoms with Crippen LogP contribution < -0.4 is 118 Å². The minimum atomic E-state index is -5.02. The summed E-state index contributed by atoms with van der Waals surface area (Å²) in [6, 6.07) is 26.8. The zero-order valence-corrected chi connectivity index (χ0v) is 47.1. The zero-order chi connectivity index (χ0) is 46.5. The fourth-order valence-electron chi connectivity index (χ4n) is 5.27. The maximum atomic E-state index is 12.9. The van der Waals surface area contributed by atoms with E-state index in [0.717, 1.165) is 72.8 Å². The molecule has 68 heavy (non-hydrogen) atoms. The molecule has 0 saturated heterocycles. The normalized spacial score (nSPS) is 11.8. The Bertz CT molecular complexity index is 3130. The van der Waals surface area contributed by atoms with Crippen LogP contribution in [0.1, 0.15) is 11.1 Å². The molecule has 2 N–H and O–H groups in total. The summed E-state index contributed by atoms with van der Waals surface area (Å²) in [4.78, 5) is 23.6. The molecule has 0 saturated carbocycles. The van der Waals surface area contributed by atoms with Gasteiger partial charge in [-0.2, -0.15) is 37.3 Å². The molecule has 0 aliphatic rings. The number of rotatable bonds is 16. The number of benzene rings is 6. The minimum Gasteiger partial charge on any atom is -0.744 e. The van der Waals surface area contributed by atoms with Gasteiger partial charge in [-0.15, -0.1) is 0 Å². The van der Waals surface area contributed by atoms with Gasteiger partial charge in [0.05, 0.1) is 32.5 Å². The smallest absolute Gasteiger partial charge is 0.744 e. The molecule has 6 rings (SSSR count). The van der Waals surface area contributed by atoms with E-state index >= 15 is 0 Å². The Hall–Kier alpha value is -3.30. The van der Waals surface area contributed by atoms with Gasteiger partial charge in [-0.05, 0) is 96.1 Å². The van der Waals surface area contributed by atoms with Crippen molar-refractivity contribution in [3.05, 3.63) is 165 Å². The molecule has 0 bridgehead atoms. The van der Waals surface area contributed by atoms with E-state index in [0.29, 0.717) is 11.4 Å². The predicted molar refractivity (Wildman–Crippen MR) is 224 cm³/mol. The molecule has 0 aromatic heterocycles. The summed E-state index contributed by atoms with van der Waals surface area (Å²) >= 11 is 0. The number of azo groups is 2. The summed E-state index contributed by atoms with van der Waals surface area (Å²) in [5, 5.41) is 15.8. The van der Waals surface area contributed by atoms with Crippen LogP contribution in [0.3, 0.4) is 0 Å². The van der Waals surface area contributed by atoms with Crippen LogP contribution in [0.5, 0.6) is 0 Å². The molecule has 0 aliphatic heterocycles. The third-order valence-corrected chi connectivity index (χ3v) is 11.9. The fourth-order valence-corrected chi connectivity index (χ4v) is 7.62. The average molecular weight is 1040 g/mol. The van der Waals surface area contributed by atoms with Gasteiger partial charge in [-0.1, -0.05) is 47.8 Å². The number of nitrogens with zero attached hydrogens (tertiary/aromatic N) is 8. The van der Waals surface area contributed by atoms with Gasteiger partial charge in [0.2, 0.25) is 0 Å². The molecule has 6 aromatic carbocycles. The summed E-state index contributed by atoms with van der Waals surface area (Å²) in [6.45, 7) is 0. The van der Waals surface area contributed by atoms with Crippen LogP contribution in [0, 0.1) is 9.81 Å². The molecular weight excluding hydrogens is 1010 g/mol. The van der Waals surface area contributed by atoms with Gasteiger partial charge in [0.15, 0.2) is 0 Å². The van der Waals surface area contributed by atoms with Gasteiger partial charge < -0.3 is 20.0 Å². The van der Waals surface area contributed by atoms with Gasteiger partial charge in [0, 0.05) is 43.8 Å².